The summed E-state index contributed by atoms with van der Waals surface area (Å²) in [7, 11) is 0. The second kappa shape index (κ2) is 7.28. The highest BCUT2D eigenvalue weighted by molar-refractivity contribution is 14.1. The standard InChI is InChI=1S/C15H8Cl2INS/c16-12-8-13(17)15(19-9-20)11(14(12)18)7-6-10-4-2-1-3-5-10/h1-5,8-9H,(H,19,20). The third-order valence-electron chi connectivity index (χ3n) is 2.48. The van der Waals surface area contributed by atoms with E-state index in [4.69, 9.17) is 35.4 Å². The first-order valence-corrected chi connectivity index (χ1v) is 7.89. The van der Waals surface area contributed by atoms with Gasteiger partial charge < -0.3 is 5.32 Å². The molecule has 2 rings (SSSR count). The van der Waals surface area contributed by atoms with Crippen LogP contribution in [0.2, 0.25) is 10.0 Å². The Hall–Kier alpha value is -0.800. The molecule has 20 heavy (non-hydrogen) atoms. The van der Waals surface area contributed by atoms with Gasteiger partial charge in [0.15, 0.2) is 0 Å². The number of halogens is 3. The van der Waals surface area contributed by atoms with E-state index in [1.54, 1.807) is 6.07 Å². The SMILES string of the molecule is S=CNc1c(Cl)cc(Cl)c(I)c1C#Cc1ccccc1. The lowest BCUT2D eigenvalue weighted by atomic mass is 10.1. The quantitative estimate of drug-likeness (QED) is 0.297. The van der Waals surface area contributed by atoms with Gasteiger partial charge in [-0.15, -0.1) is 0 Å². The Labute approximate surface area is 146 Å². The van der Waals surface area contributed by atoms with Crippen molar-refractivity contribution < 1.29 is 0 Å². The van der Waals surface area contributed by atoms with Gasteiger partial charge in [-0.1, -0.05) is 65.5 Å². The molecule has 1 nitrogen and oxygen atoms in total. The first-order valence-electron chi connectivity index (χ1n) is 5.58. The van der Waals surface area contributed by atoms with E-state index in [2.05, 4.69) is 39.7 Å². The van der Waals surface area contributed by atoms with Crippen molar-refractivity contribution in [3.05, 3.63) is 61.1 Å². The zero-order valence-corrected chi connectivity index (χ0v) is 14.6. The molecular formula is C15H8Cl2INS. The highest BCUT2D eigenvalue weighted by atomic mass is 127. The lowest BCUT2D eigenvalue weighted by Gasteiger charge is -2.10. The molecule has 0 heterocycles. The fourth-order valence-corrected chi connectivity index (χ4v) is 2.76. The van der Waals surface area contributed by atoms with E-state index in [0.29, 0.717) is 15.7 Å². The van der Waals surface area contributed by atoms with Crippen molar-refractivity contribution >= 4 is 69.2 Å². The zero-order chi connectivity index (χ0) is 14.5. The second-order valence-corrected chi connectivity index (χ2v) is 5.91. The number of hydrogen-bond donors (Lipinski definition) is 1. The summed E-state index contributed by atoms with van der Waals surface area (Å²) in [5.41, 5.74) is 3.75. The van der Waals surface area contributed by atoms with Crippen molar-refractivity contribution in [3.63, 3.8) is 0 Å². The van der Waals surface area contributed by atoms with Gasteiger partial charge in [-0.2, -0.15) is 0 Å². The maximum absolute atomic E-state index is 6.18. The molecule has 100 valence electrons. The number of rotatable bonds is 2. The molecule has 0 aliphatic heterocycles. The van der Waals surface area contributed by atoms with E-state index in [-0.39, 0.29) is 0 Å². The smallest absolute Gasteiger partial charge is 0.0746 e. The van der Waals surface area contributed by atoms with Crippen LogP contribution in [0.5, 0.6) is 0 Å². The van der Waals surface area contributed by atoms with Gasteiger partial charge in [-0.05, 0) is 40.8 Å². The van der Waals surface area contributed by atoms with Crippen molar-refractivity contribution in [3.8, 4) is 11.8 Å². The largest absolute Gasteiger partial charge is 0.350 e. The Morgan fingerprint density at radius 2 is 1.80 bits per heavy atom. The molecule has 0 spiro atoms. The maximum Gasteiger partial charge on any atom is 0.0746 e. The summed E-state index contributed by atoms with van der Waals surface area (Å²) in [6.07, 6.45) is 0. The lowest BCUT2D eigenvalue weighted by Crippen LogP contribution is -1.99. The van der Waals surface area contributed by atoms with Crippen LogP contribution in [0, 0.1) is 15.4 Å². The average molecular weight is 432 g/mol. The molecule has 0 fully saturated rings. The van der Waals surface area contributed by atoms with Crippen LogP contribution in [0.4, 0.5) is 5.69 Å². The molecule has 1 N–H and O–H groups in total. The molecule has 0 unspecified atom stereocenters. The fourth-order valence-electron chi connectivity index (χ4n) is 1.57. The topological polar surface area (TPSA) is 12.0 Å². The van der Waals surface area contributed by atoms with E-state index in [0.717, 1.165) is 14.7 Å². The first kappa shape index (κ1) is 15.6. The fraction of sp³-hybridized carbons (Fsp3) is 0. The van der Waals surface area contributed by atoms with Crippen molar-refractivity contribution in [2.45, 2.75) is 0 Å². The minimum atomic E-state index is 0.494. The average Bonchev–Trinajstić information content (AvgIpc) is 2.45. The van der Waals surface area contributed by atoms with Crippen LogP contribution in [-0.2, 0) is 0 Å². The Morgan fingerprint density at radius 3 is 2.45 bits per heavy atom. The van der Waals surface area contributed by atoms with Gasteiger partial charge in [0.2, 0.25) is 0 Å². The third kappa shape index (κ3) is 3.64. The molecule has 0 aliphatic carbocycles. The molecule has 0 saturated carbocycles. The number of benzene rings is 2. The van der Waals surface area contributed by atoms with Crippen LogP contribution in [0.15, 0.2) is 36.4 Å². The molecule has 2 aromatic carbocycles. The van der Waals surface area contributed by atoms with Gasteiger partial charge in [-0.25, -0.2) is 0 Å². The van der Waals surface area contributed by atoms with Crippen LogP contribution >= 0.6 is 58.0 Å². The van der Waals surface area contributed by atoms with Crippen LogP contribution < -0.4 is 5.32 Å². The Kier molecular flexibility index (Phi) is 5.67. The number of thiocarbonyl (C=S) groups is 1. The highest BCUT2D eigenvalue weighted by Crippen LogP contribution is 2.34. The number of anilines is 1. The molecular weight excluding hydrogens is 424 g/mol. The molecule has 5 heteroatoms. The molecule has 0 amide bonds. The van der Waals surface area contributed by atoms with Crippen LogP contribution in [0.3, 0.4) is 0 Å². The van der Waals surface area contributed by atoms with Crippen molar-refractivity contribution in [1.82, 2.24) is 0 Å². The van der Waals surface area contributed by atoms with Crippen molar-refractivity contribution in [2.75, 3.05) is 5.32 Å². The molecule has 0 atom stereocenters. The summed E-state index contributed by atoms with van der Waals surface area (Å²) < 4.78 is 0.844. The zero-order valence-electron chi connectivity index (χ0n) is 10.1. The molecule has 0 aliphatic rings. The first-order chi connectivity index (χ1) is 9.63. The van der Waals surface area contributed by atoms with Gasteiger partial charge in [0.05, 0.1) is 26.8 Å². The van der Waals surface area contributed by atoms with Crippen LogP contribution in [-0.4, -0.2) is 5.49 Å². The predicted octanol–water partition coefficient (Wildman–Crippen LogP) is 5.37. The van der Waals surface area contributed by atoms with Crippen LogP contribution in [0.1, 0.15) is 11.1 Å². The van der Waals surface area contributed by atoms with Crippen LogP contribution in [0.25, 0.3) is 0 Å². The Morgan fingerprint density at radius 1 is 1.10 bits per heavy atom. The minimum absolute atomic E-state index is 0.494. The summed E-state index contributed by atoms with van der Waals surface area (Å²) in [5.74, 6) is 6.20. The van der Waals surface area contributed by atoms with Gasteiger partial charge in [0.25, 0.3) is 0 Å². The van der Waals surface area contributed by atoms with Crippen molar-refractivity contribution in [1.29, 1.82) is 0 Å². The van der Waals surface area contributed by atoms with Gasteiger partial charge in [0.1, 0.15) is 0 Å². The van der Waals surface area contributed by atoms with Gasteiger partial charge >= 0.3 is 0 Å². The minimum Gasteiger partial charge on any atom is -0.350 e. The second-order valence-electron chi connectivity index (χ2n) is 3.78. The highest BCUT2D eigenvalue weighted by Gasteiger charge is 2.12. The lowest BCUT2D eigenvalue weighted by molar-refractivity contribution is 1.55. The summed E-state index contributed by atoms with van der Waals surface area (Å²) in [4.78, 5) is 0. The number of nitrogens with one attached hydrogen (secondary N) is 1. The summed E-state index contributed by atoms with van der Waals surface area (Å²) in [6, 6.07) is 11.4. The Balaban J connectivity index is 2.55. The molecule has 0 bridgehead atoms. The van der Waals surface area contributed by atoms with Crippen molar-refractivity contribution in [2.24, 2.45) is 0 Å². The normalized spacial score (nSPS) is 9.55. The van der Waals surface area contributed by atoms with Gasteiger partial charge in [-0.3, -0.25) is 0 Å². The van der Waals surface area contributed by atoms with E-state index in [1.807, 2.05) is 30.3 Å². The van der Waals surface area contributed by atoms with E-state index in [1.165, 1.54) is 5.49 Å². The molecule has 2 aromatic rings. The number of hydrogen-bond acceptors (Lipinski definition) is 1. The predicted molar refractivity (Wildman–Crippen MR) is 98.9 cm³/mol. The molecule has 0 saturated heterocycles. The Bertz CT molecular complexity index is 705. The van der Waals surface area contributed by atoms with E-state index >= 15 is 0 Å². The summed E-state index contributed by atoms with van der Waals surface area (Å²) in [6.45, 7) is 0. The third-order valence-corrected chi connectivity index (χ3v) is 4.63. The summed E-state index contributed by atoms with van der Waals surface area (Å²) in [5, 5.41) is 4.01. The van der Waals surface area contributed by atoms with Gasteiger partial charge in [0, 0.05) is 9.13 Å². The molecule has 0 aromatic heterocycles. The van der Waals surface area contributed by atoms with E-state index in [9.17, 15) is 0 Å². The monoisotopic (exact) mass is 431 g/mol. The maximum atomic E-state index is 6.18. The summed E-state index contributed by atoms with van der Waals surface area (Å²) >= 11 is 19.3. The molecule has 0 radical (unpaired) electrons. The van der Waals surface area contributed by atoms with E-state index < -0.39 is 0 Å².